The quantitative estimate of drug-likeness (QED) is 0.416. The topological polar surface area (TPSA) is 108 Å². The molecule has 1 amide bonds. The summed E-state index contributed by atoms with van der Waals surface area (Å²) in [5.41, 5.74) is 4.38. The van der Waals surface area contributed by atoms with Crippen LogP contribution in [0.5, 0.6) is 0 Å². The molecular formula is C20H38N2O5. The predicted molar refractivity (Wildman–Crippen MR) is 105 cm³/mol. The molecule has 0 aliphatic heterocycles. The number of nitrogens with two attached hydrogens (primary N) is 1. The lowest BCUT2D eigenvalue weighted by molar-refractivity contribution is -0.155. The van der Waals surface area contributed by atoms with Gasteiger partial charge >= 0.3 is 12.1 Å². The van der Waals surface area contributed by atoms with Crippen molar-refractivity contribution in [1.82, 2.24) is 5.32 Å². The molecule has 158 valence electrons. The highest BCUT2D eigenvalue weighted by Crippen LogP contribution is 2.13. The van der Waals surface area contributed by atoms with Gasteiger partial charge in [-0.1, -0.05) is 0 Å². The summed E-state index contributed by atoms with van der Waals surface area (Å²) in [4.78, 5) is 36.2. The summed E-state index contributed by atoms with van der Waals surface area (Å²) in [6.45, 7) is 11.3. The molecule has 7 nitrogen and oxygen atoms in total. The van der Waals surface area contributed by atoms with Crippen LogP contribution in [0.2, 0.25) is 0 Å². The average molecular weight is 387 g/mol. The zero-order valence-corrected chi connectivity index (χ0v) is 17.9. The van der Waals surface area contributed by atoms with Crippen LogP contribution < -0.4 is 11.1 Å². The van der Waals surface area contributed by atoms with Gasteiger partial charge in [-0.15, -0.1) is 0 Å². The van der Waals surface area contributed by atoms with E-state index in [-0.39, 0.29) is 18.2 Å². The van der Waals surface area contributed by atoms with Gasteiger partial charge in [-0.2, -0.15) is 0 Å². The fraction of sp³-hybridized carbons (Fsp3) is 0.850. The van der Waals surface area contributed by atoms with Crippen LogP contribution in [-0.2, 0) is 19.1 Å². The van der Waals surface area contributed by atoms with Crippen LogP contribution in [0.25, 0.3) is 0 Å². The van der Waals surface area contributed by atoms with Gasteiger partial charge in [-0.3, -0.25) is 9.59 Å². The summed E-state index contributed by atoms with van der Waals surface area (Å²) in [7, 11) is 0. The second-order valence-electron chi connectivity index (χ2n) is 8.74. The van der Waals surface area contributed by atoms with E-state index in [1.807, 2.05) is 20.8 Å². The average Bonchev–Trinajstić information content (AvgIpc) is 2.47. The van der Waals surface area contributed by atoms with Crippen molar-refractivity contribution in [2.24, 2.45) is 5.73 Å². The number of esters is 1. The van der Waals surface area contributed by atoms with E-state index in [0.29, 0.717) is 32.2 Å². The number of hydrogen-bond acceptors (Lipinski definition) is 6. The number of rotatable bonds is 11. The molecule has 0 aromatic heterocycles. The Hall–Kier alpha value is -1.63. The van der Waals surface area contributed by atoms with E-state index in [2.05, 4.69) is 5.32 Å². The molecule has 1 atom stereocenters. The lowest BCUT2D eigenvalue weighted by atomic mass is 10.0. The standard InChI is InChI=1S/C20H38N2O5/c1-19(2,3)26-17(24)13-8-7-12-16(23)15(11-9-10-14-21)22-18(25)27-20(4,5)6/h15H,7-14,21H2,1-6H3,(H,22,25)/t15-/m0/s1. The van der Waals surface area contributed by atoms with Gasteiger partial charge < -0.3 is 20.5 Å². The Morgan fingerprint density at radius 2 is 1.41 bits per heavy atom. The van der Waals surface area contributed by atoms with E-state index in [1.165, 1.54) is 0 Å². The smallest absolute Gasteiger partial charge is 0.408 e. The van der Waals surface area contributed by atoms with Crippen molar-refractivity contribution in [1.29, 1.82) is 0 Å². The minimum absolute atomic E-state index is 0.0536. The van der Waals surface area contributed by atoms with Gasteiger partial charge in [0.25, 0.3) is 0 Å². The fourth-order valence-corrected chi connectivity index (χ4v) is 2.39. The summed E-state index contributed by atoms with van der Waals surface area (Å²) in [6, 6.07) is -0.590. The first kappa shape index (κ1) is 25.4. The fourth-order valence-electron chi connectivity index (χ4n) is 2.39. The van der Waals surface area contributed by atoms with E-state index < -0.39 is 23.3 Å². The molecule has 27 heavy (non-hydrogen) atoms. The summed E-state index contributed by atoms with van der Waals surface area (Å²) in [5, 5.41) is 2.67. The summed E-state index contributed by atoms with van der Waals surface area (Å²) >= 11 is 0. The number of hydrogen-bond donors (Lipinski definition) is 2. The van der Waals surface area contributed by atoms with Crippen molar-refractivity contribution < 1.29 is 23.9 Å². The van der Waals surface area contributed by atoms with Crippen molar-refractivity contribution in [3.63, 3.8) is 0 Å². The van der Waals surface area contributed by atoms with Crippen molar-refractivity contribution in [2.75, 3.05) is 6.54 Å². The number of carbonyl (C=O) groups excluding carboxylic acids is 3. The molecule has 0 spiro atoms. The number of amides is 1. The van der Waals surface area contributed by atoms with E-state index in [1.54, 1.807) is 20.8 Å². The van der Waals surface area contributed by atoms with Crippen LogP contribution in [0.15, 0.2) is 0 Å². The Bertz CT molecular complexity index is 478. The lowest BCUT2D eigenvalue weighted by Gasteiger charge is -2.23. The third kappa shape index (κ3) is 15.2. The lowest BCUT2D eigenvalue weighted by Crippen LogP contribution is -2.43. The Balaban J connectivity index is 4.45. The molecule has 0 fully saturated rings. The van der Waals surface area contributed by atoms with Crippen LogP contribution in [0.1, 0.15) is 86.5 Å². The van der Waals surface area contributed by atoms with Crippen molar-refractivity contribution in [3.05, 3.63) is 0 Å². The van der Waals surface area contributed by atoms with Crippen molar-refractivity contribution in [2.45, 2.75) is 104 Å². The molecular weight excluding hydrogens is 348 g/mol. The minimum Gasteiger partial charge on any atom is -0.460 e. The second kappa shape index (κ2) is 12.0. The minimum atomic E-state index is -0.623. The molecule has 0 heterocycles. The maximum absolute atomic E-state index is 12.5. The highest BCUT2D eigenvalue weighted by atomic mass is 16.6. The number of Topliss-reactive ketones (excluding diaryl/α,β-unsaturated/α-hetero) is 1. The van der Waals surface area contributed by atoms with E-state index in [0.717, 1.165) is 12.8 Å². The number of ether oxygens (including phenoxy) is 2. The zero-order chi connectivity index (χ0) is 21.1. The SMILES string of the molecule is CC(C)(C)OC(=O)CCCCC(=O)[C@H](CCCCN)NC(=O)OC(C)(C)C. The normalized spacial score (nSPS) is 13.0. The molecule has 0 rings (SSSR count). The number of nitrogens with one attached hydrogen (secondary N) is 1. The molecule has 0 aliphatic carbocycles. The summed E-state index contributed by atoms with van der Waals surface area (Å²) in [5.74, 6) is -0.316. The Morgan fingerprint density at radius 3 is 1.93 bits per heavy atom. The van der Waals surface area contributed by atoms with Crippen LogP contribution in [0, 0.1) is 0 Å². The third-order valence-electron chi connectivity index (χ3n) is 3.50. The summed E-state index contributed by atoms with van der Waals surface area (Å²) in [6.07, 6.45) is 3.19. The zero-order valence-electron chi connectivity index (χ0n) is 17.9. The molecule has 0 saturated carbocycles. The second-order valence-corrected chi connectivity index (χ2v) is 8.74. The van der Waals surface area contributed by atoms with Crippen LogP contribution in [-0.4, -0.2) is 41.6 Å². The monoisotopic (exact) mass is 386 g/mol. The molecule has 0 bridgehead atoms. The molecule has 0 unspecified atom stereocenters. The van der Waals surface area contributed by atoms with Gasteiger partial charge in [0.1, 0.15) is 11.2 Å². The van der Waals surface area contributed by atoms with Gasteiger partial charge in [0, 0.05) is 12.8 Å². The van der Waals surface area contributed by atoms with Gasteiger partial charge in [-0.05, 0) is 80.2 Å². The molecule has 0 aromatic carbocycles. The van der Waals surface area contributed by atoms with Crippen molar-refractivity contribution >= 4 is 17.8 Å². The maximum Gasteiger partial charge on any atom is 0.408 e. The van der Waals surface area contributed by atoms with E-state index in [9.17, 15) is 14.4 Å². The van der Waals surface area contributed by atoms with Gasteiger partial charge in [0.15, 0.2) is 5.78 Å². The highest BCUT2D eigenvalue weighted by Gasteiger charge is 2.24. The van der Waals surface area contributed by atoms with Gasteiger partial charge in [-0.25, -0.2) is 4.79 Å². The van der Waals surface area contributed by atoms with Crippen molar-refractivity contribution in [3.8, 4) is 0 Å². The highest BCUT2D eigenvalue weighted by molar-refractivity contribution is 5.87. The van der Waals surface area contributed by atoms with Crippen LogP contribution in [0.3, 0.4) is 0 Å². The van der Waals surface area contributed by atoms with E-state index in [4.69, 9.17) is 15.2 Å². The Labute approximate surface area is 163 Å². The van der Waals surface area contributed by atoms with Crippen LogP contribution in [0.4, 0.5) is 4.79 Å². The molecule has 7 heteroatoms. The number of ketones is 1. The molecule has 3 N–H and O–H groups in total. The predicted octanol–water partition coefficient (Wildman–Crippen LogP) is 3.48. The largest absolute Gasteiger partial charge is 0.460 e. The first-order chi connectivity index (χ1) is 12.3. The molecule has 0 radical (unpaired) electrons. The number of alkyl carbamates (subject to hydrolysis) is 1. The first-order valence-corrected chi connectivity index (χ1v) is 9.78. The third-order valence-corrected chi connectivity index (χ3v) is 3.50. The Morgan fingerprint density at radius 1 is 0.852 bits per heavy atom. The number of unbranched alkanes of at least 4 members (excludes halogenated alkanes) is 2. The first-order valence-electron chi connectivity index (χ1n) is 9.78. The Kier molecular flexibility index (Phi) is 11.2. The van der Waals surface area contributed by atoms with Gasteiger partial charge in [0.05, 0.1) is 6.04 Å². The molecule has 0 aliphatic rings. The molecule has 0 aromatic rings. The maximum atomic E-state index is 12.5. The summed E-state index contributed by atoms with van der Waals surface area (Å²) < 4.78 is 10.5. The van der Waals surface area contributed by atoms with Crippen LogP contribution >= 0.6 is 0 Å². The van der Waals surface area contributed by atoms with Gasteiger partial charge in [0.2, 0.25) is 0 Å². The molecule has 0 saturated heterocycles. The number of carbonyl (C=O) groups is 3. The van der Waals surface area contributed by atoms with E-state index >= 15 is 0 Å².